The number of nitrogens with one attached hydrogen (secondary N) is 1. The molecule has 1 rings (SSSR count). The minimum absolute atomic E-state index is 0.216. The molecule has 1 N–H and O–H groups in total. The van der Waals surface area contributed by atoms with Crippen molar-refractivity contribution in [3.05, 3.63) is 23.4 Å². The van der Waals surface area contributed by atoms with Crippen molar-refractivity contribution < 1.29 is 0 Å². The fourth-order valence-electron chi connectivity index (χ4n) is 1.81. The Kier molecular flexibility index (Phi) is 2.80. The van der Waals surface area contributed by atoms with E-state index < -0.39 is 0 Å². The molecule has 0 aromatic carbocycles. The van der Waals surface area contributed by atoms with Crippen LogP contribution >= 0.6 is 0 Å². The van der Waals surface area contributed by atoms with Gasteiger partial charge in [0.1, 0.15) is 0 Å². The Morgan fingerprint density at radius 1 is 1.00 bits per heavy atom. The lowest BCUT2D eigenvalue weighted by atomic mass is 9.77. The number of rotatable bonds is 0. The first-order valence-electron chi connectivity index (χ1n) is 5.38. The molecule has 14 heavy (non-hydrogen) atoms. The van der Waals surface area contributed by atoms with Crippen LogP contribution in [-0.2, 0) is 0 Å². The summed E-state index contributed by atoms with van der Waals surface area (Å²) in [6, 6.07) is 0. The van der Waals surface area contributed by atoms with Gasteiger partial charge < -0.3 is 5.32 Å². The van der Waals surface area contributed by atoms with E-state index in [0.717, 1.165) is 6.54 Å². The van der Waals surface area contributed by atoms with Gasteiger partial charge in [-0.15, -0.1) is 0 Å². The van der Waals surface area contributed by atoms with Crippen molar-refractivity contribution >= 4 is 0 Å². The highest BCUT2D eigenvalue weighted by molar-refractivity contribution is 5.35. The third kappa shape index (κ3) is 2.40. The van der Waals surface area contributed by atoms with Gasteiger partial charge in [-0.2, -0.15) is 0 Å². The maximum Gasteiger partial charge on any atom is 0.0331 e. The van der Waals surface area contributed by atoms with Gasteiger partial charge in [0.25, 0.3) is 0 Å². The monoisotopic (exact) mass is 193 g/mol. The molecule has 0 spiro atoms. The summed E-state index contributed by atoms with van der Waals surface area (Å²) in [6.45, 7) is 14.6. The number of hydrogen-bond donors (Lipinski definition) is 1. The van der Waals surface area contributed by atoms with Crippen molar-refractivity contribution in [2.75, 3.05) is 6.54 Å². The quantitative estimate of drug-likeness (QED) is 0.621. The van der Waals surface area contributed by atoms with Crippen LogP contribution in [0.4, 0.5) is 0 Å². The minimum Gasteiger partial charge on any atom is -0.384 e. The number of dihydropyridines is 1. The first-order valence-corrected chi connectivity index (χ1v) is 5.38. The largest absolute Gasteiger partial charge is 0.384 e. The summed E-state index contributed by atoms with van der Waals surface area (Å²) >= 11 is 0. The third-order valence-electron chi connectivity index (χ3n) is 2.51. The Morgan fingerprint density at radius 3 is 1.93 bits per heavy atom. The summed E-state index contributed by atoms with van der Waals surface area (Å²) in [5, 5.41) is 3.51. The molecule has 1 heteroatoms. The molecule has 0 atom stereocenters. The zero-order valence-corrected chi connectivity index (χ0v) is 10.4. The standard InChI is InChI=1S/C13H23N/c1-12(2,3)10-8-7-9-14-11(10)13(4,5)6/h7-8,14H,9H2,1-6H3. The van der Waals surface area contributed by atoms with Crippen LogP contribution in [0.3, 0.4) is 0 Å². The zero-order chi connectivity index (χ0) is 11.0. The Balaban J connectivity index is 3.18. The van der Waals surface area contributed by atoms with Gasteiger partial charge in [0.2, 0.25) is 0 Å². The summed E-state index contributed by atoms with van der Waals surface area (Å²) < 4.78 is 0. The zero-order valence-electron chi connectivity index (χ0n) is 10.4. The van der Waals surface area contributed by atoms with Crippen LogP contribution < -0.4 is 5.32 Å². The molecule has 0 radical (unpaired) electrons. The summed E-state index contributed by atoms with van der Waals surface area (Å²) in [4.78, 5) is 0. The van der Waals surface area contributed by atoms with E-state index in [1.165, 1.54) is 11.3 Å². The van der Waals surface area contributed by atoms with Gasteiger partial charge in [0.15, 0.2) is 0 Å². The van der Waals surface area contributed by atoms with E-state index in [2.05, 4.69) is 59.0 Å². The van der Waals surface area contributed by atoms with Crippen LogP contribution in [0.15, 0.2) is 23.4 Å². The summed E-state index contributed by atoms with van der Waals surface area (Å²) in [7, 11) is 0. The Hall–Kier alpha value is -0.720. The Labute approximate surface area is 88.3 Å². The lowest BCUT2D eigenvalue weighted by molar-refractivity contribution is 0.422. The molecule has 1 aliphatic heterocycles. The van der Waals surface area contributed by atoms with E-state index in [4.69, 9.17) is 0 Å². The molecule has 1 aliphatic rings. The molecule has 0 saturated heterocycles. The van der Waals surface area contributed by atoms with E-state index in [9.17, 15) is 0 Å². The number of allylic oxidation sites excluding steroid dienone is 3. The lowest BCUT2D eigenvalue weighted by Crippen LogP contribution is -2.31. The van der Waals surface area contributed by atoms with Crippen molar-refractivity contribution in [1.29, 1.82) is 0 Å². The molecule has 1 heterocycles. The molecule has 0 aromatic heterocycles. The molecule has 0 aromatic rings. The SMILES string of the molecule is CC(C)(C)C1=C(C(C)(C)C)NCC=C1. The summed E-state index contributed by atoms with van der Waals surface area (Å²) in [6.07, 6.45) is 4.48. The van der Waals surface area contributed by atoms with E-state index in [1.54, 1.807) is 0 Å². The first kappa shape index (κ1) is 11.4. The first-order chi connectivity index (χ1) is 6.23. The maximum atomic E-state index is 3.51. The van der Waals surface area contributed by atoms with Crippen LogP contribution in [0.5, 0.6) is 0 Å². The van der Waals surface area contributed by atoms with Crippen molar-refractivity contribution in [3.63, 3.8) is 0 Å². The van der Waals surface area contributed by atoms with Gasteiger partial charge in [0, 0.05) is 17.7 Å². The molecular formula is C13H23N. The van der Waals surface area contributed by atoms with Gasteiger partial charge in [-0.1, -0.05) is 53.7 Å². The molecule has 0 aliphatic carbocycles. The van der Waals surface area contributed by atoms with Crippen molar-refractivity contribution in [2.45, 2.75) is 41.5 Å². The fourth-order valence-corrected chi connectivity index (χ4v) is 1.81. The molecule has 0 amide bonds. The lowest BCUT2D eigenvalue weighted by Gasteiger charge is -2.34. The average Bonchev–Trinajstić information content (AvgIpc) is 2.01. The molecule has 0 fully saturated rings. The summed E-state index contributed by atoms with van der Waals surface area (Å²) in [5.41, 5.74) is 3.28. The smallest absolute Gasteiger partial charge is 0.0331 e. The van der Waals surface area contributed by atoms with E-state index in [0.29, 0.717) is 0 Å². The Bertz CT molecular complexity index is 269. The van der Waals surface area contributed by atoms with Gasteiger partial charge >= 0.3 is 0 Å². The van der Waals surface area contributed by atoms with Crippen molar-refractivity contribution in [2.24, 2.45) is 10.8 Å². The predicted octanol–water partition coefficient (Wildman–Crippen LogP) is 3.49. The van der Waals surface area contributed by atoms with Crippen molar-refractivity contribution in [3.8, 4) is 0 Å². The topological polar surface area (TPSA) is 12.0 Å². The highest BCUT2D eigenvalue weighted by Gasteiger charge is 2.27. The molecule has 1 nitrogen and oxygen atoms in total. The highest BCUT2D eigenvalue weighted by atomic mass is 14.9. The summed E-state index contributed by atoms with van der Waals surface area (Å²) in [5.74, 6) is 0. The number of hydrogen-bond acceptors (Lipinski definition) is 1. The van der Waals surface area contributed by atoms with Crippen molar-refractivity contribution in [1.82, 2.24) is 5.32 Å². The van der Waals surface area contributed by atoms with Gasteiger partial charge in [-0.3, -0.25) is 0 Å². The van der Waals surface area contributed by atoms with Crippen LogP contribution in [0.25, 0.3) is 0 Å². The maximum absolute atomic E-state index is 3.51. The van der Waals surface area contributed by atoms with Crippen LogP contribution in [0, 0.1) is 10.8 Å². The normalized spacial score (nSPS) is 18.4. The second kappa shape index (κ2) is 3.45. The average molecular weight is 193 g/mol. The van der Waals surface area contributed by atoms with E-state index in [1.807, 2.05) is 0 Å². The van der Waals surface area contributed by atoms with Crippen LogP contribution in [-0.4, -0.2) is 6.54 Å². The van der Waals surface area contributed by atoms with Crippen LogP contribution in [0.2, 0.25) is 0 Å². The predicted molar refractivity (Wildman–Crippen MR) is 63.1 cm³/mol. The Morgan fingerprint density at radius 2 is 1.57 bits per heavy atom. The second-order valence-corrected chi connectivity index (χ2v) is 6.07. The molecule has 0 unspecified atom stereocenters. The third-order valence-corrected chi connectivity index (χ3v) is 2.51. The van der Waals surface area contributed by atoms with Gasteiger partial charge in [0.05, 0.1) is 0 Å². The van der Waals surface area contributed by atoms with Crippen LogP contribution in [0.1, 0.15) is 41.5 Å². The van der Waals surface area contributed by atoms with Gasteiger partial charge in [-0.25, -0.2) is 0 Å². The van der Waals surface area contributed by atoms with E-state index >= 15 is 0 Å². The van der Waals surface area contributed by atoms with E-state index in [-0.39, 0.29) is 10.8 Å². The molecule has 80 valence electrons. The fraction of sp³-hybridized carbons (Fsp3) is 0.692. The molecular weight excluding hydrogens is 170 g/mol. The minimum atomic E-state index is 0.216. The van der Waals surface area contributed by atoms with Gasteiger partial charge in [-0.05, 0) is 11.0 Å². The second-order valence-electron chi connectivity index (χ2n) is 6.07. The molecule has 0 saturated carbocycles. The molecule has 0 bridgehead atoms. The highest BCUT2D eigenvalue weighted by Crippen LogP contribution is 2.36.